The van der Waals surface area contributed by atoms with E-state index in [1.807, 2.05) is 0 Å². The van der Waals surface area contributed by atoms with Crippen LogP contribution >= 0.6 is 11.6 Å². The first kappa shape index (κ1) is 12.3. The summed E-state index contributed by atoms with van der Waals surface area (Å²) in [4.78, 5) is 22.5. The first-order valence-electron chi connectivity index (χ1n) is 4.61. The predicted molar refractivity (Wildman–Crippen MR) is 62.3 cm³/mol. The van der Waals surface area contributed by atoms with Crippen molar-refractivity contribution in [2.75, 3.05) is 18.2 Å². The van der Waals surface area contributed by atoms with Crippen molar-refractivity contribution in [3.05, 3.63) is 29.8 Å². The maximum atomic E-state index is 11.6. The topological polar surface area (TPSA) is 70.2 Å². The quantitative estimate of drug-likeness (QED) is 0.540. The second kappa shape index (κ2) is 5.97. The molecule has 0 aliphatic rings. The van der Waals surface area contributed by atoms with Crippen molar-refractivity contribution in [3.8, 4) is 0 Å². The minimum Gasteiger partial charge on any atom is -0.387 e. The molecule has 16 heavy (non-hydrogen) atoms. The number of rotatable bonds is 3. The second-order valence-electron chi connectivity index (χ2n) is 2.93. The lowest BCUT2D eigenvalue weighted by molar-refractivity contribution is -0.119. The van der Waals surface area contributed by atoms with E-state index in [1.54, 1.807) is 31.3 Å². The normalized spacial score (nSPS) is 9.38. The van der Waals surface area contributed by atoms with Gasteiger partial charge in [-0.1, -0.05) is 12.1 Å². The molecule has 5 nitrogen and oxygen atoms in total. The zero-order valence-corrected chi connectivity index (χ0v) is 9.47. The molecule has 6 heteroatoms. The highest BCUT2D eigenvalue weighted by atomic mass is 35.5. The fourth-order valence-electron chi connectivity index (χ4n) is 1.13. The lowest BCUT2D eigenvalue weighted by Crippen LogP contribution is -2.42. The van der Waals surface area contributed by atoms with Crippen molar-refractivity contribution < 1.29 is 9.59 Å². The summed E-state index contributed by atoms with van der Waals surface area (Å²) in [7, 11) is 1.71. The largest absolute Gasteiger partial charge is 0.387 e. The molecule has 86 valence electrons. The van der Waals surface area contributed by atoms with Gasteiger partial charge in [0.15, 0.2) is 0 Å². The standard InChI is InChI=1S/C10H12ClN3O2/c1-12-8-5-3-2-4-7(8)10(16)14-13-9(15)6-11/h2-5,12H,6H2,1H3,(H,13,15)(H,14,16). The fraction of sp³-hybridized carbons (Fsp3) is 0.200. The molecule has 0 unspecified atom stereocenters. The number of alkyl halides is 1. The first-order chi connectivity index (χ1) is 7.69. The van der Waals surface area contributed by atoms with E-state index in [0.29, 0.717) is 11.3 Å². The van der Waals surface area contributed by atoms with Crippen LogP contribution in [-0.2, 0) is 4.79 Å². The molecule has 1 aromatic carbocycles. The van der Waals surface area contributed by atoms with E-state index in [9.17, 15) is 9.59 Å². The molecule has 0 aromatic heterocycles. The summed E-state index contributed by atoms with van der Waals surface area (Å²) in [6.07, 6.45) is 0. The second-order valence-corrected chi connectivity index (χ2v) is 3.20. The summed E-state index contributed by atoms with van der Waals surface area (Å²) in [6.45, 7) is 0. The maximum absolute atomic E-state index is 11.6. The average Bonchev–Trinajstić information content (AvgIpc) is 2.35. The molecule has 0 spiro atoms. The molecule has 0 atom stereocenters. The summed E-state index contributed by atoms with van der Waals surface area (Å²) in [5.41, 5.74) is 5.57. The Balaban J connectivity index is 2.69. The Hall–Kier alpha value is -1.75. The van der Waals surface area contributed by atoms with Gasteiger partial charge in [0.05, 0.1) is 5.56 Å². The van der Waals surface area contributed by atoms with Gasteiger partial charge in [-0.05, 0) is 12.1 Å². The van der Waals surface area contributed by atoms with Gasteiger partial charge in [-0.25, -0.2) is 0 Å². The number of hydrazine groups is 1. The highest BCUT2D eigenvalue weighted by molar-refractivity contribution is 6.27. The molecule has 0 heterocycles. The number of nitrogens with one attached hydrogen (secondary N) is 3. The van der Waals surface area contributed by atoms with Gasteiger partial charge in [0, 0.05) is 12.7 Å². The Morgan fingerprint density at radius 2 is 1.94 bits per heavy atom. The van der Waals surface area contributed by atoms with Crippen LogP contribution in [0.5, 0.6) is 0 Å². The molecule has 1 rings (SSSR count). The Labute approximate surface area is 98.1 Å². The maximum Gasteiger partial charge on any atom is 0.271 e. The summed E-state index contributed by atoms with van der Waals surface area (Å²) >= 11 is 5.26. The fourth-order valence-corrected chi connectivity index (χ4v) is 1.19. The molecular weight excluding hydrogens is 230 g/mol. The van der Waals surface area contributed by atoms with Crippen molar-refractivity contribution in [2.45, 2.75) is 0 Å². The van der Waals surface area contributed by atoms with E-state index < -0.39 is 11.8 Å². The van der Waals surface area contributed by atoms with Gasteiger partial charge in [0.1, 0.15) is 5.88 Å². The number of para-hydroxylation sites is 1. The molecule has 0 saturated carbocycles. The van der Waals surface area contributed by atoms with Crippen molar-refractivity contribution in [1.29, 1.82) is 0 Å². The van der Waals surface area contributed by atoms with Crippen molar-refractivity contribution in [3.63, 3.8) is 0 Å². The molecule has 3 N–H and O–H groups in total. The zero-order chi connectivity index (χ0) is 12.0. The van der Waals surface area contributed by atoms with E-state index in [1.165, 1.54) is 0 Å². The predicted octanol–water partition coefficient (Wildman–Crippen LogP) is 0.728. The number of anilines is 1. The van der Waals surface area contributed by atoms with E-state index in [0.717, 1.165) is 0 Å². The number of carbonyl (C=O) groups is 2. The summed E-state index contributed by atoms with van der Waals surface area (Å²) < 4.78 is 0. The van der Waals surface area contributed by atoms with Gasteiger partial charge in [-0.3, -0.25) is 20.4 Å². The molecule has 1 aromatic rings. The van der Waals surface area contributed by atoms with Crippen LogP contribution in [0.3, 0.4) is 0 Å². The highest BCUT2D eigenvalue weighted by Crippen LogP contribution is 2.13. The van der Waals surface area contributed by atoms with Crippen LogP contribution in [0, 0.1) is 0 Å². The van der Waals surface area contributed by atoms with Gasteiger partial charge < -0.3 is 5.32 Å². The molecule has 0 saturated heterocycles. The zero-order valence-electron chi connectivity index (χ0n) is 8.71. The summed E-state index contributed by atoms with van der Waals surface area (Å²) in [5, 5.41) is 2.88. The first-order valence-corrected chi connectivity index (χ1v) is 5.14. The number of halogens is 1. The molecule has 0 fully saturated rings. The molecule has 0 aliphatic heterocycles. The Kier molecular flexibility index (Phi) is 4.60. The smallest absolute Gasteiger partial charge is 0.271 e. The third kappa shape index (κ3) is 3.13. The van der Waals surface area contributed by atoms with E-state index in [-0.39, 0.29) is 5.88 Å². The average molecular weight is 242 g/mol. The lowest BCUT2D eigenvalue weighted by Gasteiger charge is -2.09. The van der Waals surface area contributed by atoms with Gasteiger partial charge in [-0.2, -0.15) is 0 Å². The lowest BCUT2D eigenvalue weighted by atomic mass is 10.1. The van der Waals surface area contributed by atoms with Gasteiger partial charge in [-0.15, -0.1) is 11.6 Å². The number of amides is 2. The number of hydrogen-bond acceptors (Lipinski definition) is 3. The van der Waals surface area contributed by atoms with E-state index in [4.69, 9.17) is 11.6 Å². The molecule has 2 amide bonds. The van der Waals surface area contributed by atoms with Gasteiger partial charge in [0.2, 0.25) is 0 Å². The molecule has 0 aliphatic carbocycles. The molecule has 0 radical (unpaired) electrons. The number of carbonyl (C=O) groups excluding carboxylic acids is 2. The Bertz CT molecular complexity index is 395. The summed E-state index contributed by atoms with van der Waals surface area (Å²) in [6, 6.07) is 6.95. The van der Waals surface area contributed by atoms with Gasteiger partial charge >= 0.3 is 0 Å². The third-order valence-electron chi connectivity index (χ3n) is 1.88. The van der Waals surface area contributed by atoms with Crippen LogP contribution < -0.4 is 16.2 Å². The minimum atomic E-state index is -0.461. The van der Waals surface area contributed by atoms with Crippen molar-refractivity contribution in [1.82, 2.24) is 10.9 Å². The Morgan fingerprint density at radius 3 is 2.56 bits per heavy atom. The van der Waals surface area contributed by atoms with Crippen LogP contribution in [0.1, 0.15) is 10.4 Å². The van der Waals surface area contributed by atoms with E-state index in [2.05, 4.69) is 16.2 Å². The SMILES string of the molecule is CNc1ccccc1C(=O)NNC(=O)CCl. The van der Waals surface area contributed by atoms with Crippen molar-refractivity contribution in [2.24, 2.45) is 0 Å². The van der Waals surface area contributed by atoms with E-state index >= 15 is 0 Å². The Morgan fingerprint density at radius 1 is 1.25 bits per heavy atom. The minimum absolute atomic E-state index is 0.200. The highest BCUT2D eigenvalue weighted by Gasteiger charge is 2.10. The van der Waals surface area contributed by atoms with Crippen LogP contribution in [0.2, 0.25) is 0 Å². The van der Waals surface area contributed by atoms with Crippen LogP contribution in [0.25, 0.3) is 0 Å². The number of hydrogen-bond donors (Lipinski definition) is 3. The van der Waals surface area contributed by atoms with Crippen LogP contribution in [0.15, 0.2) is 24.3 Å². The number of benzene rings is 1. The molecule has 0 bridgehead atoms. The van der Waals surface area contributed by atoms with Crippen LogP contribution in [-0.4, -0.2) is 24.7 Å². The molecular formula is C10H12ClN3O2. The van der Waals surface area contributed by atoms with Crippen LogP contribution in [0.4, 0.5) is 5.69 Å². The van der Waals surface area contributed by atoms with Gasteiger partial charge in [0.25, 0.3) is 11.8 Å². The monoisotopic (exact) mass is 241 g/mol. The summed E-state index contributed by atoms with van der Waals surface area (Å²) in [5.74, 6) is -1.06. The third-order valence-corrected chi connectivity index (χ3v) is 2.12. The van der Waals surface area contributed by atoms with Crippen molar-refractivity contribution >= 4 is 29.1 Å².